The van der Waals surface area contributed by atoms with Crippen molar-refractivity contribution < 1.29 is 0 Å². The third-order valence-corrected chi connectivity index (χ3v) is 4.05. The highest BCUT2D eigenvalue weighted by atomic mass is 15.1. The maximum Gasteiger partial charge on any atom is 0.0590 e. The molecule has 98 valence electrons. The van der Waals surface area contributed by atoms with E-state index >= 15 is 0 Å². The van der Waals surface area contributed by atoms with Crippen molar-refractivity contribution in [2.75, 3.05) is 7.05 Å². The molecule has 1 aromatic carbocycles. The van der Waals surface area contributed by atoms with Crippen LogP contribution >= 0.6 is 0 Å². The van der Waals surface area contributed by atoms with Crippen molar-refractivity contribution in [2.45, 2.75) is 31.2 Å². The van der Waals surface area contributed by atoms with E-state index in [9.17, 15) is 0 Å². The van der Waals surface area contributed by atoms with Crippen molar-refractivity contribution in [1.29, 1.82) is 0 Å². The topological polar surface area (TPSA) is 37.8 Å². The highest BCUT2D eigenvalue weighted by Crippen LogP contribution is 2.37. The van der Waals surface area contributed by atoms with Gasteiger partial charge in [0.25, 0.3) is 0 Å². The zero-order chi connectivity index (χ0) is 13.1. The van der Waals surface area contributed by atoms with Crippen LogP contribution in [0.15, 0.2) is 42.7 Å². The summed E-state index contributed by atoms with van der Waals surface area (Å²) in [6.45, 7) is 0. The summed E-state index contributed by atoms with van der Waals surface area (Å²) in [4.78, 5) is 0. The summed E-state index contributed by atoms with van der Waals surface area (Å²) in [6.07, 6.45) is 7.63. The summed E-state index contributed by atoms with van der Waals surface area (Å²) in [5, 5.41) is 11.2. The number of hydrogen-bond donors (Lipinski definition) is 1. The number of aromatic nitrogens is 2. The van der Waals surface area contributed by atoms with Crippen molar-refractivity contribution in [1.82, 2.24) is 15.5 Å². The molecule has 19 heavy (non-hydrogen) atoms. The highest BCUT2D eigenvalue weighted by Gasteiger charge is 2.20. The molecule has 0 spiro atoms. The van der Waals surface area contributed by atoms with Crippen molar-refractivity contribution >= 4 is 0 Å². The van der Waals surface area contributed by atoms with Gasteiger partial charge in [-0.15, -0.1) is 0 Å². The number of benzene rings is 1. The van der Waals surface area contributed by atoms with Gasteiger partial charge in [-0.3, -0.25) is 0 Å². The second kappa shape index (κ2) is 5.49. The quantitative estimate of drug-likeness (QED) is 0.910. The van der Waals surface area contributed by atoms with Crippen LogP contribution in [0.5, 0.6) is 0 Å². The monoisotopic (exact) mass is 253 g/mol. The van der Waals surface area contributed by atoms with Crippen LogP contribution in [0, 0.1) is 0 Å². The van der Waals surface area contributed by atoms with Gasteiger partial charge >= 0.3 is 0 Å². The van der Waals surface area contributed by atoms with Crippen molar-refractivity contribution in [3.8, 4) is 0 Å². The van der Waals surface area contributed by atoms with Crippen LogP contribution in [0.4, 0.5) is 0 Å². The molecule has 0 bridgehead atoms. The number of hydrogen-bond acceptors (Lipinski definition) is 3. The molecule has 2 aromatic rings. The molecule has 3 nitrogen and oxygen atoms in total. The Morgan fingerprint density at radius 3 is 2.68 bits per heavy atom. The standard InChI is InChI=1S/C16H19N3/c1-17-16(15-8-9-18-19-11-15)14-7-3-6-13(10-14)12-4-2-5-12/h3,6-12,16-17H,2,4-5H2,1H3. The van der Waals surface area contributed by atoms with Gasteiger partial charge in [0.05, 0.1) is 12.2 Å². The van der Waals surface area contributed by atoms with Gasteiger partial charge in [-0.2, -0.15) is 10.2 Å². The molecule has 0 radical (unpaired) electrons. The van der Waals surface area contributed by atoms with Gasteiger partial charge in [-0.05, 0) is 48.6 Å². The minimum Gasteiger partial charge on any atom is -0.309 e. The van der Waals surface area contributed by atoms with E-state index in [0.717, 1.165) is 11.5 Å². The first kappa shape index (κ1) is 12.3. The normalized spacial score (nSPS) is 16.9. The smallest absolute Gasteiger partial charge is 0.0590 e. The van der Waals surface area contributed by atoms with Crippen molar-refractivity contribution in [2.24, 2.45) is 0 Å². The molecule has 1 aromatic heterocycles. The van der Waals surface area contributed by atoms with E-state index < -0.39 is 0 Å². The highest BCUT2D eigenvalue weighted by molar-refractivity contribution is 5.34. The first-order chi connectivity index (χ1) is 9.38. The van der Waals surface area contributed by atoms with Gasteiger partial charge in [0.2, 0.25) is 0 Å². The molecule has 1 unspecified atom stereocenters. The predicted octanol–water partition coefficient (Wildman–Crippen LogP) is 3.05. The summed E-state index contributed by atoms with van der Waals surface area (Å²) in [5.41, 5.74) is 3.94. The van der Waals surface area contributed by atoms with Crippen LogP contribution in [0.2, 0.25) is 0 Å². The van der Waals surface area contributed by atoms with Gasteiger partial charge in [-0.25, -0.2) is 0 Å². The fourth-order valence-corrected chi connectivity index (χ4v) is 2.73. The Morgan fingerprint density at radius 2 is 2.05 bits per heavy atom. The minimum atomic E-state index is 0.190. The Bertz CT molecular complexity index is 535. The lowest BCUT2D eigenvalue weighted by atomic mass is 9.79. The largest absolute Gasteiger partial charge is 0.309 e. The number of nitrogens with one attached hydrogen (secondary N) is 1. The van der Waals surface area contributed by atoms with Crippen LogP contribution in [0.1, 0.15) is 47.9 Å². The van der Waals surface area contributed by atoms with Gasteiger partial charge in [0.15, 0.2) is 0 Å². The fraction of sp³-hybridized carbons (Fsp3) is 0.375. The van der Waals surface area contributed by atoms with Crippen LogP contribution in [-0.2, 0) is 0 Å². The van der Waals surface area contributed by atoms with E-state index in [-0.39, 0.29) is 6.04 Å². The van der Waals surface area contributed by atoms with E-state index in [0.29, 0.717) is 0 Å². The average Bonchev–Trinajstić information content (AvgIpc) is 2.39. The lowest BCUT2D eigenvalue weighted by Gasteiger charge is -2.27. The average molecular weight is 253 g/mol. The predicted molar refractivity (Wildman–Crippen MR) is 76.0 cm³/mol. The van der Waals surface area contributed by atoms with E-state index in [4.69, 9.17) is 0 Å². The zero-order valence-corrected chi connectivity index (χ0v) is 11.2. The van der Waals surface area contributed by atoms with Gasteiger partial charge in [-0.1, -0.05) is 30.7 Å². The molecule has 0 saturated heterocycles. The maximum absolute atomic E-state index is 3.97. The molecule has 1 aliphatic carbocycles. The van der Waals surface area contributed by atoms with Crippen molar-refractivity contribution in [3.63, 3.8) is 0 Å². The molecule has 1 N–H and O–H groups in total. The second-order valence-electron chi connectivity index (χ2n) is 5.20. The SMILES string of the molecule is CNC(c1ccnnc1)c1cccc(C2CCC2)c1. The van der Waals surface area contributed by atoms with Gasteiger partial charge in [0.1, 0.15) is 0 Å². The third kappa shape index (κ3) is 2.51. The molecule has 3 rings (SSSR count). The van der Waals surface area contributed by atoms with Gasteiger partial charge < -0.3 is 5.32 Å². The van der Waals surface area contributed by atoms with Crippen LogP contribution in [0.25, 0.3) is 0 Å². The van der Waals surface area contributed by atoms with E-state index in [1.165, 1.54) is 30.4 Å². The fourth-order valence-electron chi connectivity index (χ4n) is 2.73. The van der Waals surface area contributed by atoms with Crippen LogP contribution < -0.4 is 5.32 Å². The number of rotatable bonds is 4. The first-order valence-corrected chi connectivity index (χ1v) is 6.92. The van der Waals surface area contributed by atoms with E-state index in [2.05, 4.69) is 39.8 Å². The molecule has 1 aliphatic rings. The van der Waals surface area contributed by atoms with Crippen molar-refractivity contribution in [3.05, 3.63) is 59.4 Å². The molecule has 1 fully saturated rings. The summed E-state index contributed by atoms with van der Waals surface area (Å²) < 4.78 is 0. The Hall–Kier alpha value is -1.74. The summed E-state index contributed by atoms with van der Waals surface area (Å²) >= 11 is 0. The van der Waals surface area contributed by atoms with Crippen LogP contribution in [0.3, 0.4) is 0 Å². The summed E-state index contributed by atoms with van der Waals surface area (Å²) in [5.74, 6) is 0.771. The molecule has 3 heteroatoms. The Balaban J connectivity index is 1.91. The molecule has 1 atom stereocenters. The molecule has 1 heterocycles. The third-order valence-electron chi connectivity index (χ3n) is 4.05. The minimum absolute atomic E-state index is 0.190. The molecule has 0 aliphatic heterocycles. The molecular weight excluding hydrogens is 234 g/mol. The zero-order valence-electron chi connectivity index (χ0n) is 11.2. The van der Waals surface area contributed by atoms with E-state index in [1.54, 1.807) is 6.20 Å². The lowest BCUT2D eigenvalue weighted by Crippen LogP contribution is -2.18. The lowest BCUT2D eigenvalue weighted by molar-refractivity contribution is 0.419. The Kier molecular flexibility index (Phi) is 3.56. The summed E-state index contributed by atoms with van der Waals surface area (Å²) in [7, 11) is 1.99. The van der Waals surface area contributed by atoms with Crippen LogP contribution in [-0.4, -0.2) is 17.2 Å². The Morgan fingerprint density at radius 1 is 1.16 bits per heavy atom. The molecular formula is C16H19N3. The molecule has 1 saturated carbocycles. The maximum atomic E-state index is 3.97. The first-order valence-electron chi connectivity index (χ1n) is 6.92. The molecule has 0 amide bonds. The Labute approximate surface area is 114 Å². The van der Waals surface area contributed by atoms with Gasteiger partial charge in [0, 0.05) is 6.20 Å². The second-order valence-corrected chi connectivity index (χ2v) is 5.20. The van der Waals surface area contributed by atoms with E-state index in [1.807, 2.05) is 19.3 Å². The number of nitrogens with zero attached hydrogens (tertiary/aromatic N) is 2. The summed E-state index contributed by atoms with van der Waals surface area (Å²) in [6, 6.07) is 11.2.